The lowest BCUT2D eigenvalue weighted by atomic mass is 10.1. The molecule has 0 atom stereocenters. The van der Waals surface area contributed by atoms with Crippen molar-refractivity contribution in [2.75, 3.05) is 44.2 Å². The molecule has 0 spiro atoms. The second-order valence-electron chi connectivity index (χ2n) is 5.17. The van der Waals surface area contributed by atoms with Crippen LogP contribution in [0, 0.1) is 6.92 Å². The number of piperazine rings is 1. The van der Waals surface area contributed by atoms with Gasteiger partial charge in [0.25, 0.3) is 0 Å². The van der Waals surface area contributed by atoms with Crippen LogP contribution in [-0.2, 0) is 0 Å². The van der Waals surface area contributed by atoms with Gasteiger partial charge >= 0.3 is 0 Å². The molecule has 4 heteroatoms. The van der Waals surface area contributed by atoms with E-state index in [0.29, 0.717) is 0 Å². The molecule has 0 saturated carbocycles. The predicted molar refractivity (Wildman–Crippen MR) is 78.9 cm³/mol. The highest BCUT2D eigenvalue weighted by atomic mass is 35.5. The maximum absolute atomic E-state index is 3.35. The van der Waals surface area contributed by atoms with E-state index in [1.54, 1.807) is 0 Å². The monoisotopic (exact) mass is 267 g/mol. The van der Waals surface area contributed by atoms with E-state index in [2.05, 4.69) is 46.3 Å². The summed E-state index contributed by atoms with van der Waals surface area (Å²) in [6.45, 7) is 9.26. The summed E-state index contributed by atoms with van der Waals surface area (Å²) in [6, 6.07) is 9.70. The first-order valence-electron chi connectivity index (χ1n) is 6.59. The molecule has 0 aliphatic carbocycles. The van der Waals surface area contributed by atoms with Gasteiger partial charge in [-0.2, -0.15) is 0 Å². The van der Waals surface area contributed by atoms with Crippen molar-refractivity contribution in [2.45, 2.75) is 13.0 Å². The highest BCUT2D eigenvalue weighted by molar-refractivity contribution is 5.85. The fourth-order valence-corrected chi connectivity index (χ4v) is 2.63. The number of benzene rings is 1. The SMILES string of the molecule is Cc1ccc(N2CCN(C3CNC3)CC2)cc1.Cl. The summed E-state index contributed by atoms with van der Waals surface area (Å²) in [5.74, 6) is 0. The number of anilines is 1. The van der Waals surface area contributed by atoms with Crippen molar-refractivity contribution in [2.24, 2.45) is 0 Å². The Kier molecular flexibility index (Phi) is 4.49. The topological polar surface area (TPSA) is 18.5 Å². The largest absolute Gasteiger partial charge is 0.369 e. The summed E-state index contributed by atoms with van der Waals surface area (Å²) in [5, 5.41) is 3.35. The van der Waals surface area contributed by atoms with Crippen molar-refractivity contribution in [1.82, 2.24) is 10.2 Å². The molecule has 18 heavy (non-hydrogen) atoms. The molecule has 0 amide bonds. The second kappa shape index (κ2) is 5.91. The van der Waals surface area contributed by atoms with Crippen LogP contribution >= 0.6 is 12.4 Å². The van der Waals surface area contributed by atoms with Crippen LogP contribution in [0.3, 0.4) is 0 Å². The Morgan fingerprint density at radius 3 is 2.11 bits per heavy atom. The minimum Gasteiger partial charge on any atom is -0.369 e. The Hall–Kier alpha value is -0.770. The van der Waals surface area contributed by atoms with E-state index in [1.165, 1.54) is 50.5 Å². The molecule has 100 valence electrons. The molecule has 0 bridgehead atoms. The first-order valence-corrected chi connectivity index (χ1v) is 6.59. The first-order chi connectivity index (χ1) is 8.33. The first kappa shape index (κ1) is 13.7. The number of hydrogen-bond donors (Lipinski definition) is 1. The van der Waals surface area contributed by atoms with Crippen molar-refractivity contribution in [3.05, 3.63) is 29.8 Å². The maximum atomic E-state index is 3.35. The molecule has 1 N–H and O–H groups in total. The molecule has 0 aromatic heterocycles. The number of nitrogens with one attached hydrogen (secondary N) is 1. The maximum Gasteiger partial charge on any atom is 0.0367 e. The third kappa shape index (κ3) is 2.79. The zero-order valence-corrected chi connectivity index (χ0v) is 11.7. The van der Waals surface area contributed by atoms with Gasteiger partial charge in [0.05, 0.1) is 0 Å². The van der Waals surface area contributed by atoms with Gasteiger partial charge in [-0.25, -0.2) is 0 Å². The molecule has 0 unspecified atom stereocenters. The molecule has 2 fully saturated rings. The van der Waals surface area contributed by atoms with Gasteiger partial charge in [0, 0.05) is 51.0 Å². The second-order valence-corrected chi connectivity index (χ2v) is 5.17. The van der Waals surface area contributed by atoms with Crippen molar-refractivity contribution < 1.29 is 0 Å². The van der Waals surface area contributed by atoms with Gasteiger partial charge in [-0.15, -0.1) is 12.4 Å². The zero-order chi connectivity index (χ0) is 11.7. The highest BCUT2D eigenvalue weighted by Gasteiger charge is 2.27. The molecule has 2 heterocycles. The van der Waals surface area contributed by atoms with Crippen molar-refractivity contribution in [3.8, 4) is 0 Å². The minimum absolute atomic E-state index is 0. The lowest BCUT2D eigenvalue weighted by molar-refractivity contribution is 0.138. The van der Waals surface area contributed by atoms with Crippen LogP contribution in [0.4, 0.5) is 5.69 Å². The van der Waals surface area contributed by atoms with Gasteiger partial charge in [0.1, 0.15) is 0 Å². The van der Waals surface area contributed by atoms with E-state index in [0.717, 1.165) is 6.04 Å². The van der Waals surface area contributed by atoms with Crippen LogP contribution in [0.1, 0.15) is 5.56 Å². The van der Waals surface area contributed by atoms with Crippen LogP contribution in [0.5, 0.6) is 0 Å². The van der Waals surface area contributed by atoms with E-state index >= 15 is 0 Å². The van der Waals surface area contributed by atoms with E-state index in [1.807, 2.05) is 0 Å². The summed E-state index contributed by atoms with van der Waals surface area (Å²) in [6.07, 6.45) is 0. The Balaban J connectivity index is 0.00000120. The summed E-state index contributed by atoms with van der Waals surface area (Å²) in [4.78, 5) is 5.13. The Morgan fingerprint density at radius 1 is 1.00 bits per heavy atom. The van der Waals surface area contributed by atoms with Gasteiger partial charge in [-0.05, 0) is 19.1 Å². The number of rotatable bonds is 2. The Bertz CT molecular complexity index is 367. The van der Waals surface area contributed by atoms with Crippen LogP contribution in [0.15, 0.2) is 24.3 Å². The summed E-state index contributed by atoms with van der Waals surface area (Å²) in [7, 11) is 0. The van der Waals surface area contributed by atoms with Crippen LogP contribution in [0.25, 0.3) is 0 Å². The van der Waals surface area contributed by atoms with Crippen LogP contribution in [-0.4, -0.2) is 50.2 Å². The molecule has 3 nitrogen and oxygen atoms in total. The lowest BCUT2D eigenvalue weighted by Gasteiger charge is -2.43. The number of halogens is 1. The van der Waals surface area contributed by atoms with E-state index in [9.17, 15) is 0 Å². The highest BCUT2D eigenvalue weighted by Crippen LogP contribution is 2.18. The standard InChI is InChI=1S/C14H21N3.ClH/c1-12-2-4-13(5-3-12)16-6-8-17(9-7-16)14-10-15-11-14;/h2-5,14-15H,6-11H2,1H3;1H. The van der Waals surface area contributed by atoms with Crippen molar-refractivity contribution in [1.29, 1.82) is 0 Å². The van der Waals surface area contributed by atoms with Crippen LogP contribution in [0.2, 0.25) is 0 Å². The van der Waals surface area contributed by atoms with Gasteiger partial charge in [-0.1, -0.05) is 17.7 Å². The molecular formula is C14H22ClN3. The Labute approximate surface area is 116 Å². The molecule has 2 aliphatic rings. The van der Waals surface area contributed by atoms with Crippen molar-refractivity contribution >= 4 is 18.1 Å². The molecule has 2 aliphatic heterocycles. The minimum atomic E-state index is 0. The number of nitrogens with zero attached hydrogens (tertiary/aromatic N) is 2. The average molecular weight is 268 g/mol. The van der Waals surface area contributed by atoms with Gasteiger partial charge in [0.15, 0.2) is 0 Å². The van der Waals surface area contributed by atoms with E-state index < -0.39 is 0 Å². The van der Waals surface area contributed by atoms with E-state index in [4.69, 9.17) is 0 Å². The summed E-state index contributed by atoms with van der Waals surface area (Å²) < 4.78 is 0. The zero-order valence-electron chi connectivity index (χ0n) is 10.9. The normalized spacial score (nSPS) is 21.3. The molecule has 1 aromatic carbocycles. The summed E-state index contributed by atoms with van der Waals surface area (Å²) in [5.41, 5.74) is 2.72. The Morgan fingerprint density at radius 2 is 1.61 bits per heavy atom. The van der Waals surface area contributed by atoms with Gasteiger partial charge < -0.3 is 10.2 Å². The molecule has 0 radical (unpaired) electrons. The number of aryl methyl sites for hydroxylation is 1. The van der Waals surface area contributed by atoms with Crippen LogP contribution < -0.4 is 10.2 Å². The smallest absolute Gasteiger partial charge is 0.0367 e. The van der Waals surface area contributed by atoms with Crippen molar-refractivity contribution in [3.63, 3.8) is 0 Å². The average Bonchev–Trinajstić information content (AvgIpc) is 2.29. The third-order valence-corrected chi connectivity index (χ3v) is 3.99. The molecule has 2 saturated heterocycles. The number of hydrogen-bond acceptors (Lipinski definition) is 3. The fraction of sp³-hybridized carbons (Fsp3) is 0.571. The third-order valence-electron chi connectivity index (χ3n) is 3.99. The van der Waals surface area contributed by atoms with Gasteiger partial charge in [0.2, 0.25) is 0 Å². The predicted octanol–water partition coefficient (Wildman–Crippen LogP) is 1.51. The van der Waals surface area contributed by atoms with Gasteiger partial charge in [-0.3, -0.25) is 4.90 Å². The fourth-order valence-electron chi connectivity index (χ4n) is 2.63. The molecule has 3 rings (SSSR count). The molecule has 1 aromatic rings. The lowest BCUT2D eigenvalue weighted by Crippen LogP contribution is -2.61. The quantitative estimate of drug-likeness (QED) is 0.876. The molecular weight excluding hydrogens is 246 g/mol. The van der Waals surface area contributed by atoms with E-state index in [-0.39, 0.29) is 12.4 Å². The summed E-state index contributed by atoms with van der Waals surface area (Å²) >= 11 is 0.